The summed E-state index contributed by atoms with van der Waals surface area (Å²) in [6.45, 7) is 0. The van der Waals surface area contributed by atoms with Gasteiger partial charge in [-0.25, -0.2) is 4.99 Å². The number of aromatic nitrogens is 4. The summed E-state index contributed by atoms with van der Waals surface area (Å²) in [4.78, 5) is 3.62. The molecule has 0 aliphatic carbocycles. The number of tetrazole rings is 1. The van der Waals surface area contributed by atoms with E-state index in [-0.39, 0.29) is 5.95 Å². The molecule has 0 amide bonds. The number of halogens is 1. The molecule has 0 atom stereocenters. The Morgan fingerprint density at radius 3 is 2.67 bits per heavy atom. The third kappa shape index (κ3) is 2.29. The van der Waals surface area contributed by atoms with Gasteiger partial charge in [0.25, 0.3) is 5.95 Å². The molecule has 0 spiro atoms. The van der Waals surface area contributed by atoms with Crippen LogP contribution in [0.3, 0.4) is 0 Å². The number of aliphatic imine (C=N–C) groups is 1. The fraction of sp³-hybridized carbons (Fsp3) is 0. The molecule has 1 N–H and O–H groups in total. The Balaban J connectivity index is 2.28. The van der Waals surface area contributed by atoms with Crippen LogP contribution >= 0.6 is 11.6 Å². The molecule has 7 heteroatoms. The van der Waals surface area contributed by atoms with E-state index in [1.807, 2.05) is 0 Å². The van der Waals surface area contributed by atoms with Crippen molar-refractivity contribution >= 4 is 23.4 Å². The minimum absolute atomic E-state index is 0.00921. The Labute approximate surface area is 89.6 Å². The van der Waals surface area contributed by atoms with Gasteiger partial charge in [-0.15, -0.1) is 5.10 Å². The maximum absolute atomic E-state index is 11.5. The summed E-state index contributed by atoms with van der Waals surface area (Å²) in [7, 11) is 0. The van der Waals surface area contributed by atoms with Crippen molar-refractivity contribution in [3.05, 3.63) is 34.9 Å². The molecule has 6 nitrogen and oxygen atoms in total. The van der Waals surface area contributed by atoms with Crippen LogP contribution in [0.1, 0.15) is 5.56 Å². The smallest absolute Gasteiger partial charge is 0.288 e. The van der Waals surface area contributed by atoms with Gasteiger partial charge in [0.05, 0.1) is 0 Å². The molecule has 0 radical (unpaired) electrons. The van der Waals surface area contributed by atoms with Crippen molar-refractivity contribution in [1.29, 1.82) is 0 Å². The minimum Gasteiger partial charge on any atom is -0.858 e. The normalized spacial score (nSPS) is 11.7. The van der Waals surface area contributed by atoms with Gasteiger partial charge >= 0.3 is 0 Å². The van der Waals surface area contributed by atoms with Crippen molar-refractivity contribution in [2.75, 3.05) is 0 Å². The lowest BCUT2D eigenvalue weighted by molar-refractivity contribution is -0.212. The highest BCUT2D eigenvalue weighted by atomic mass is 35.5. The molecule has 1 heterocycles. The molecular weight excluding hydrogens is 218 g/mol. The van der Waals surface area contributed by atoms with E-state index in [4.69, 9.17) is 11.6 Å². The van der Waals surface area contributed by atoms with Gasteiger partial charge in [-0.05, 0) is 28.8 Å². The summed E-state index contributed by atoms with van der Waals surface area (Å²) < 4.78 is 0. The Morgan fingerprint density at radius 1 is 1.33 bits per heavy atom. The van der Waals surface area contributed by atoms with Gasteiger partial charge in [0.2, 0.25) is 0 Å². The van der Waals surface area contributed by atoms with Crippen LogP contribution in [0.4, 0.5) is 5.95 Å². The van der Waals surface area contributed by atoms with Crippen molar-refractivity contribution in [2.24, 2.45) is 4.99 Å². The monoisotopic (exact) mass is 222 g/mol. The number of benzene rings is 1. The standard InChI is InChI=1S/C8H6ClN5O/c9-6-3-1-5(2-4-6)7(15)10-8-11-13-14-12-8/h1-4H,(H2,10,11,12,13,14,15)/p-1. The van der Waals surface area contributed by atoms with Gasteiger partial charge in [-0.2, -0.15) is 5.21 Å². The maximum atomic E-state index is 11.5. The van der Waals surface area contributed by atoms with Crippen molar-refractivity contribution in [3.63, 3.8) is 0 Å². The number of nitrogens with zero attached hydrogens (tertiary/aromatic N) is 4. The van der Waals surface area contributed by atoms with Crippen molar-refractivity contribution < 1.29 is 5.11 Å². The lowest BCUT2D eigenvalue weighted by atomic mass is 10.2. The number of rotatable bonds is 2. The van der Waals surface area contributed by atoms with Crippen molar-refractivity contribution in [3.8, 4) is 0 Å². The van der Waals surface area contributed by atoms with Crippen LogP contribution in [0, 0.1) is 0 Å². The fourth-order valence-corrected chi connectivity index (χ4v) is 1.08. The Kier molecular flexibility index (Phi) is 2.59. The van der Waals surface area contributed by atoms with Gasteiger partial charge in [-0.1, -0.05) is 28.8 Å². The van der Waals surface area contributed by atoms with E-state index in [1.165, 1.54) is 0 Å². The SMILES string of the molecule is [O-]C(=Nc1nn[nH]n1)c1ccc(Cl)cc1. The second-order valence-corrected chi connectivity index (χ2v) is 3.07. The van der Waals surface area contributed by atoms with Crippen LogP contribution < -0.4 is 5.11 Å². The summed E-state index contributed by atoms with van der Waals surface area (Å²) in [5.74, 6) is -0.428. The molecule has 0 aliphatic heterocycles. The molecule has 1 aromatic heterocycles. The number of H-pyrrole nitrogens is 1. The fourth-order valence-electron chi connectivity index (χ4n) is 0.952. The highest BCUT2D eigenvalue weighted by molar-refractivity contribution is 6.30. The predicted octanol–water partition coefficient (Wildman–Crippen LogP) is 0.292. The maximum Gasteiger partial charge on any atom is 0.288 e. The van der Waals surface area contributed by atoms with Gasteiger partial charge in [0.15, 0.2) is 0 Å². The minimum atomic E-state index is -0.437. The molecule has 0 saturated carbocycles. The van der Waals surface area contributed by atoms with Crippen LogP contribution in [0.5, 0.6) is 0 Å². The van der Waals surface area contributed by atoms with E-state index in [9.17, 15) is 5.11 Å². The van der Waals surface area contributed by atoms with Gasteiger partial charge in [-0.3, -0.25) is 0 Å². The first kappa shape index (κ1) is 9.60. The number of hydrogen-bond acceptors (Lipinski definition) is 5. The van der Waals surface area contributed by atoms with Crippen LogP contribution in [0.15, 0.2) is 29.3 Å². The van der Waals surface area contributed by atoms with Gasteiger partial charge < -0.3 is 5.11 Å². The van der Waals surface area contributed by atoms with Gasteiger partial charge in [0, 0.05) is 5.02 Å². The molecule has 76 valence electrons. The zero-order valence-electron chi connectivity index (χ0n) is 7.38. The first-order chi connectivity index (χ1) is 7.25. The van der Waals surface area contributed by atoms with Gasteiger partial charge in [0.1, 0.15) is 0 Å². The number of aromatic amines is 1. The third-order valence-electron chi connectivity index (χ3n) is 1.63. The summed E-state index contributed by atoms with van der Waals surface area (Å²) in [5, 5.41) is 24.6. The molecule has 0 bridgehead atoms. The molecule has 0 saturated heterocycles. The summed E-state index contributed by atoms with van der Waals surface area (Å²) in [5.41, 5.74) is 0.421. The summed E-state index contributed by atoms with van der Waals surface area (Å²) >= 11 is 5.68. The summed E-state index contributed by atoms with van der Waals surface area (Å²) in [6, 6.07) is 6.38. The molecular formula is C8H5ClN5O-. The largest absolute Gasteiger partial charge is 0.858 e. The molecule has 0 fully saturated rings. The summed E-state index contributed by atoms with van der Waals surface area (Å²) in [6.07, 6.45) is 0. The first-order valence-corrected chi connectivity index (χ1v) is 4.38. The first-order valence-electron chi connectivity index (χ1n) is 4.01. The molecule has 15 heavy (non-hydrogen) atoms. The van der Waals surface area contributed by atoms with Crippen LogP contribution in [-0.2, 0) is 0 Å². The topological polar surface area (TPSA) is 89.9 Å². The van der Waals surface area contributed by atoms with Crippen LogP contribution in [0.2, 0.25) is 5.02 Å². The number of nitrogens with one attached hydrogen (secondary N) is 1. The van der Waals surface area contributed by atoms with E-state index in [2.05, 4.69) is 25.6 Å². The van der Waals surface area contributed by atoms with Crippen LogP contribution in [0.25, 0.3) is 0 Å². The zero-order chi connectivity index (χ0) is 10.7. The third-order valence-corrected chi connectivity index (χ3v) is 1.88. The lowest BCUT2D eigenvalue weighted by Crippen LogP contribution is -2.18. The van der Waals surface area contributed by atoms with Crippen molar-refractivity contribution in [2.45, 2.75) is 0 Å². The van der Waals surface area contributed by atoms with E-state index in [0.29, 0.717) is 10.6 Å². The highest BCUT2D eigenvalue weighted by Crippen LogP contribution is 2.10. The molecule has 2 rings (SSSR count). The Morgan fingerprint density at radius 2 is 2.07 bits per heavy atom. The molecule has 0 unspecified atom stereocenters. The Hall–Kier alpha value is -1.95. The molecule has 0 aliphatic rings. The second kappa shape index (κ2) is 4.05. The predicted molar refractivity (Wildman–Crippen MR) is 51.8 cm³/mol. The zero-order valence-corrected chi connectivity index (χ0v) is 8.14. The lowest BCUT2D eigenvalue weighted by Gasteiger charge is -2.08. The highest BCUT2D eigenvalue weighted by Gasteiger charge is 1.96. The molecule has 1 aromatic carbocycles. The van der Waals surface area contributed by atoms with E-state index in [0.717, 1.165) is 0 Å². The Bertz CT molecular complexity index is 464. The average Bonchev–Trinajstić information content (AvgIpc) is 2.71. The van der Waals surface area contributed by atoms with E-state index in [1.54, 1.807) is 24.3 Å². The van der Waals surface area contributed by atoms with E-state index >= 15 is 0 Å². The van der Waals surface area contributed by atoms with Crippen LogP contribution in [-0.4, -0.2) is 26.5 Å². The van der Waals surface area contributed by atoms with Crippen molar-refractivity contribution in [1.82, 2.24) is 20.6 Å². The molecule has 2 aromatic rings. The quantitative estimate of drug-likeness (QED) is 0.584. The average molecular weight is 223 g/mol. The van der Waals surface area contributed by atoms with E-state index < -0.39 is 5.90 Å². The number of hydrogen-bond donors (Lipinski definition) is 1. The second-order valence-electron chi connectivity index (χ2n) is 2.64.